The number of benzene rings is 3. The molecule has 0 aliphatic heterocycles. The SMILES string of the molecule is CN(c1ccccc1)S(=O)(=O)c1ccc(C(=O)Nc2nc(-c3ccc(Cl)cc3Cl)cs2)cc1. The van der Waals surface area contributed by atoms with Gasteiger partial charge in [-0.1, -0.05) is 41.4 Å². The van der Waals surface area contributed by atoms with Crippen LogP contribution >= 0.6 is 34.5 Å². The minimum absolute atomic E-state index is 0.0827. The van der Waals surface area contributed by atoms with Gasteiger partial charge in [-0.05, 0) is 54.6 Å². The highest BCUT2D eigenvalue weighted by Crippen LogP contribution is 2.32. The Morgan fingerprint density at radius 3 is 2.36 bits per heavy atom. The van der Waals surface area contributed by atoms with Crippen LogP contribution in [0.4, 0.5) is 10.8 Å². The summed E-state index contributed by atoms with van der Waals surface area (Å²) in [4.78, 5) is 17.1. The molecule has 4 rings (SSSR count). The molecule has 1 aromatic heterocycles. The number of amides is 1. The maximum Gasteiger partial charge on any atom is 0.264 e. The van der Waals surface area contributed by atoms with Gasteiger partial charge in [0, 0.05) is 28.6 Å². The molecule has 0 aliphatic rings. The van der Waals surface area contributed by atoms with Crippen LogP contribution in [0, 0.1) is 0 Å². The summed E-state index contributed by atoms with van der Waals surface area (Å²) in [5.74, 6) is -0.404. The lowest BCUT2D eigenvalue weighted by atomic mass is 10.2. The summed E-state index contributed by atoms with van der Waals surface area (Å²) in [6.45, 7) is 0. The molecule has 3 aromatic carbocycles. The Hall–Kier alpha value is -2.91. The third-order valence-electron chi connectivity index (χ3n) is 4.83. The van der Waals surface area contributed by atoms with E-state index in [4.69, 9.17) is 23.2 Å². The lowest BCUT2D eigenvalue weighted by Crippen LogP contribution is -2.26. The zero-order valence-corrected chi connectivity index (χ0v) is 20.3. The second kappa shape index (κ2) is 9.52. The molecule has 1 N–H and O–H groups in total. The molecule has 0 saturated carbocycles. The Morgan fingerprint density at radius 1 is 1.00 bits per heavy atom. The average molecular weight is 518 g/mol. The van der Waals surface area contributed by atoms with Gasteiger partial charge >= 0.3 is 0 Å². The molecule has 0 spiro atoms. The maximum atomic E-state index is 12.9. The predicted molar refractivity (Wildman–Crippen MR) is 134 cm³/mol. The van der Waals surface area contributed by atoms with Gasteiger partial charge in [-0.3, -0.25) is 14.4 Å². The van der Waals surface area contributed by atoms with E-state index in [0.717, 1.165) is 0 Å². The van der Waals surface area contributed by atoms with E-state index in [1.165, 1.54) is 47.0 Å². The molecular formula is C23H17Cl2N3O3S2. The second-order valence-corrected chi connectivity index (χ2v) is 10.6. The fourth-order valence-electron chi connectivity index (χ4n) is 3.03. The van der Waals surface area contributed by atoms with Crippen LogP contribution in [-0.2, 0) is 10.0 Å². The Labute approximate surface area is 205 Å². The first-order valence-electron chi connectivity index (χ1n) is 9.62. The first-order valence-corrected chi connectivity index (χ1v) is 12.7. The summed E-state index contributed by atoms with van der Waals surface area (Å²) in [6, 6.07) is 19.6. The van der Waals surface area contributed by atoms with Crippen LogP contribution in [0.15, 0.2) is 83.1 Å². The lowest BCUT2D eigenvalue weighted by molar-refractivity contribution is 0.102. The van der Waals surface area contributed by atoms with Gasteiger partial charge in [-0.2, -0.15) is 0 Å². The first-order chi connectivity index (χ1) is 15.8. The van der Waals surface area contributed by atoms with Gasteiger partial charge in [0.25, 0.3) is 15.9 Å². The molecule has 0 radical (unpaired) electrons. The summed E-state index contributed by atoms with van der Waals surface area (Å²) in [6.07, 6.45) is 0. The van der Waals surface area contributed by atoms with Crippen molar-refractivity contribution < 1.29 is 13.2 Å². The van der Waals surface area contributed by atoms with Crippen LogP contribution in [0.5, 0.6) is 0 Å². The van der Waals surface area contributed by atoms with Crippen molar-refractivity contribution in [1.29, 1.82) is 0 Å². The normalized spacial score (nSPS) is 11.2. The molecule has 168 valence electrons. The Kier molecular flexibility index (Phi) is 6.71. The number of anilines is 2. The van der Waals surface area contributed by atoms with Gasteiger partial charge in [-0.15, -0.1) is 11.3 Å². The smallest absolute Gasteiger partial charge is 0.264 e. The number of para-hydroxylation sites is 1. The molecular weight excluding hydrogens is 501 g/mol. The molecule has 0 unspecified atom stereocenters. The van der Waals surface area contributed by atoms with Crippen LogP contribution in [0.3, 0.4) is 0 Å². The second-order valence-electron chi connectivity index (χ2n) is 6.95. The summed E-state index contributed by atoms with van der Waals surface area (Å²) >= 11 is 13.4. The molecule has 0 aliphatic carbocycles. The molecule has 0 fully saturated rings. The quantitative estimate of drug-likeness (QED) is 0.330. The fraction of sp³-hybridized carbons (Fsp3) is 0.0435. The average Bonchev–Trinajstić information content (AvgIpc) is 3.27. The van der Waals surface area contributed by atoms with Crippen molar-refractivity contribution in [1.82, 2.24) is 4.98 Å². The number of hydrogen-bond donors (Lipinski definition) is 1. The van der Waals surface area contributed by atoms with E-state index >= 15 is 0 Å². The van der Waals surface area contributed by atoms with Crippen LogP contribution in [0.2, 0.25) is 10.0 Å². The number of sulfonamides is 1. The third kappa shape index (κ3) is 5.04. The van der Waals surface area contributed by atoms with Gasteiger partial charge < -0.3 is 0 Å². The topological polar surface area (TPSA) is 79.4 Å². The number of carbonyl (C=O) groups excluding carboxylic acids is 1. The van der Waals surface area contributed by atoms with Crippen molar-refractivity contribution in [3.05, 3.63) is 93.8 Å². The van der Waals surface area contributed by atoms with Gasteiger partial charge in [0.1, 0.15) is 0 Å². The molecule has 0 bridgehead atoms. The molecule has 33 heavy (non-hydrogen) atoms. The van der Waals surface area contributed by atoms with Gasteiger partial charge in [-0.25, -0.2) is 13.4 Å². The highest BCUT2D eigenvalue weighted by Gasteiger charge is 2.21. The molecule has 4 aromatic rings. The van der Waals surface area contributed by atoms with Crippen LogP contribution < -0.4 is 9.62 Å². The van der Waals surface area contributed by atoms with Crippen molar-refractivity contribution in [3.8, 4) is 11.3 Å². The molecule has 1 amide bonds. The Balaban J connectivity index is 1.48. The first kappa shape index (κ1) is 23.3. The van der Waals surface area contributed by atoms with Crippen molar-refractivity contribution in [2.24, 2.45) is 0 Å². The van der Waals surface area contributed by atoms with E-state index < -0.39 is 15.9 Å². The minimum Gasteiger partial charge on any atom is -0.298 e. The largest absolute Gasteiger partial charge is 0.298 e. The van der Waals surface area contributed by atoms with E-state index in [1.807, 2.05) is 6.07 Å². The third-order valence-corrected chi connectivity index (χ3v) is 7.93. The standard InChI is InChI=1S/C23H17Cl2N3O3S2/c1-28(17-5-3-2-4-6-17)33(30,31)18-10-7-15(8-11-18)22(29)27-23-26-21(14-32-23)19-12-9-16(24)13-20(19)25/h2-14H,1H3,(H,26,27,29). The van der Waals surface area contributed by atoms with E-state index in [9.17, 15) is 13.2 Å². The van der Waals surface area contributed by atoms with Crippen LogP contribution in [0.1, 0.15) is 10.4 Å². The number of thiazole rings is 1. The highest BCUT2D eigenvalue weighted by molar-refractivity contribution is 7.92. The number of aromatic nitrogens is 1. The summed E-state index contributed by atoms with van der Waals surface area (Å²) in [5.41, 5.74) is 2.16. The van der Waals surface area contributed by atoms with Crippen LogP contribution in [0.25, 0.3) is 11.3 Å². The van der Waals surface area contributed by atoms with E-state index in [1.54, 1.807) is 47.8 Å². The van der Waals surface area contributed by atoms with E-state index in [2.05, 4.69) is 10.3 Å². The number of hydrogen-bond acceptors (Lipinski definition) is 5. The summed E-state index contributed by atoms with van der Waals surface area (Å²) in [7, 11) is -2.27. The predicted octanol–water partition coefficient (Wildman–Crippen LogP) is 6.19. The van der Waals surface area contributed by atoms with Gasteiger partial charge in [0.05, 0.1) is 21.3 Å². The number of nitrogens with one attached hydrogen (secondary N) is 1. The van der Waals surface area contributed by atoms with E-state index in [-0.39, 0.29) is 4.90 Å². The number of carbonyl (C=O) groups is 1. The van der Waals surface area contributed by atoms with Crippen molar-refractivity contribution in [2.75, 3.05) is 16.7 Å². The fourth-order valence-corrected chi connectivity index (χ4v) is 5.44. The van der Waals surface area contributed by atoms with Gasteiger partial charge in [0.2, 0.25) is 0 Å². The van der Waals surface area contributed by atoms with Crippen molar-refractivity contribution >= 4 is 61.3 Å². The van der Waals surface area contributed by atoms with Crippen molar-refractivity contribution in [3.63, 3.8) is 0 Å². The number of nitrogens with zero attached hydrogens (tertiary/aromatic N) is 2. The monoisotopic (exact) mass is 517 g/mol. The zero-order chi connectivity index (χ0) is 23.6. The van der Waals surface area contributed by atoms with Crippen LogP contribution in [-0.4, -0.2) is 26.4 Å². The molecule has 0 saturated heterocycles. The summed E-state index contributed by atoms with van der Waals surface area (Å²) in [5, 5.41) is 5.88. The van der Waals surface area contributed by atoms with Crippen molar-refractivity contribution in [2.45, 2.75) is 4.90 Å². The Bertz CT molecular complexity index is 1410. The van der Waals surface area contributed by atoms with E-state index in [0.29, 0.717) is 37.7 Å². The zero-order valence-electron chi connectivity index (χ0n) is 17.2. The van der Waals surface area contributed by atoms with Gasteiger partial charge in [0.15, 0.2) is 5.13 Å². The molecule has 1 heterocycles. The minimum atomic E-state index is -3.76. The summed E-state index contributed by atoms with van der Waals surface area (Å²) < 4.78 is 27.0. The number of rotatable bonds is 6. The Morgan fingerprint density at radius 2 is 1.70 bits per heavy atom. The number of halogens is 2. The molecule has 0 atom stereocenters. The lowest BCUT2D eigenvalue weighted by Gasteiger charge is -2.19. The maximum absolute atomic E-state index is 12.9. The molecule has 6 nitrogen and oxygen atoms in total. The molecule has 10 heteroatoms. The highest BCUT2D eigenvalue weighted by atomic mass is 35.5.